The Morgan fingerprint density at radius 2 is 1.46 bits per heavy atom. The molecule has 0 saturated carbocycles. The van der Waals surface area contributed by atoms with E-state index in [2.05, 4.69) is 10.6 Å². The smallest absolute Gasteiger partial charge is 0.264 e. The Bertz CT molecular complexity index is 1060. The number of unbranched alkanes of at least 4 members (excludes halogenated alkanes) is 7. The van der Waals surface area contributed by atoms with Crippen molar-refractivity contribution in [3.63, 3.8) is 0 Å². The van der Waals surface area contributed by atoms with Crippen LogP contribution in [0.15, 0.2) is 18.2 Å². The van der Waals surface area contributed by atoms with E-state index in [4.69, 9.17) is 21.1 Å². The number of halogens is 1. The molecule has 3 rings (SSSR count). The molecule has 1 saturated heterocycles. The molecule has 2 heterocycles. The van der Waals surface area contributed by atoms with Crippen molar-refractivity contribution in [3.05, 3.63) is 29.3 Å². The number of nitrogens with zero attached hydrogens (tertiary/aromatic N) is 1. The van der Waals surface area contributed by atoms with Gasteiger partial charge in [0.2, 0.25) is 17.7 Å². The van der Waals surface area contributed by atoms with Crippen molar-refractivity contribution < 1.29 is 33.4 Å². The van der Waals surface area contributed by atoms with Gasteiger partial charge in [-0.3, -0.25) is 34.2 Å². The molecular formula is C30H42ClN3O7. The van der Waals surface area contributed by atoms with E-state index in [1.807, 2.05) is 0 Å². The van der Waals surface area contributed by atoms with Crippen molar-refractivity contribution in [2.45, 2.75) is 89.5 Å². The third-order valence-electron chi connectivity index (χ3n) is 7.18. The van der Waals surface area contributed by atoms with Gasteiger partial charge in [-0.15, -0.1) is 11.6 Å². The zero-order valence-corrected chi connectivity index (χ0v) is 24.5. The summed E-state index contributed by atoms with van der Waals surface area (Å²) in [4.78, 5) is 63.2. The molecular weight excluding hydrogens is 550 g/mol. The summed E-state index contributed by atoms with van der Waals surface area (Å²) >= 11 is 5.66. The van der Waals surface area contributed by atoms with Crippen molar-refractivity contribution in [1.82, 2.24) is 10.2 Å². The van der Waals surface area contributed by atoms with Crippen LogP contribution in [-0.2, 0) is 23.9 Å². The van der Waals surface area contributed by atoms with Gasteiger partial charge < -0.3 is 14.8 Å². The fourth-order valence-corrected chi connectivity index (χ4v) is 5.13. The van der Waals surface area contributed by atoms with Gasteiger partial charge >= 0.3 is 0 Å². The zero-order valence-electron chi connectivity index (χ0n) is 23.7. The number of amides is 5. The van der Waals surface area contributed by atoms with E-state index >= 15 is 0 Å². The molecule has 226 valence electrons. The minimum atomic E-state index is -1.05. The SMILES string of the molecule is O=C1CCC(N2C(=O)c3cccc(NC(=O)CCCCCOCCCCCOCCCCCCCl)c3C2=O)C(=O)N1. The average molecular weight is 592 g/mol. The summed E-state index contributed by atoms with van der Waals surface area (Å²) in [5, 5.41) is 4.93. The normalized spacial score (nSPS) is 16.7. The summed E-state index contributed by atoms with van der Waals surface area (Å²) in [5.41, 5.74) is 0.460. The van der Waals surface area contributed by atoms with E-state index in [0.717, 1.165) is 75.5 Å². The van der Waals surface area contributed by atoms with Crippen LogP contribution in [0.25, 0.3) is 0 Å². The second kappa shape index (κ2) is 17.9. The largest absolute Gasteiger partial charge is 0.381 e. The first kappa shape index (κ1) is 32.7. The molecule has 1 fully saturated rings. The van der Waals surface area contributed by atoms with E-state index in [1.165, 1.54) is 18.9 Å². The molecule has 2 aliphatic rings. The monoisotopic (exact) mass is 591 g/mol. The third-order valence-corrected chi connectivity index (χ3v) is 7.45. The lowest BCUT2D eigenvalue weighted by Crippen LogP contribution is -2.54. The average Bonchev–Trinajstić information content (AvgIpc) is 3.20. The summed E-state index contributed by atoms with van der Waals surface area (Å²) in [5.74, 6) is -1.86. The molecule has 0 aromatic heterocycles. The standard InChI is InChI=1S/C30H42ClN3O7/c31-17-6-1-2-7-18-40-20-9-4-10-21-41-19-8-3-5-14-25(35)32-23-13-11-12-22-27(23)30(39)34(29(22)38)24-15-16-26(36)33-28(24)37/h11-13,24H,1-10,14-21H2,(H,32,35)(H,33,36,37). The van der Waals surface area contributed by atoms with Gasteiger partial charge in [-0.2, -0.15) is 0 Å². The Balaban J connectivity index is 1.26. The molecule has 5 amide bonds. The van der Waals surface area contributed by atoms with Gasteiger partial charge in [-0.25, -0.2) is 0 Å². The summed E-state index contributed by atoms with van der Waals surface area (Å²) in [7, 11) is 0. The van der Waals surface area contributed by atoms with Crippen LogP contribution < -0.4 is 10.6 Å². The van der Waals surface area contributed by atoms with Crippen LogP contribution in [-0.4, -0.2) is 72.8 Å². The summed E-state index contributed by atoms with van der Waals surface area (Å²) in [6, 6.07) is 3.61. The first-order valence-corrected chi connectivity index (χ1v) is 15.3. The lowest BCUT2D eigenvalue weighted by molar-refractivity contribution is -0.136. The second-order valence-electron chi connectivity index (χ2n) is 10.4. The number of hydrogen-bond acceptors (Lipinski definition) is 7. The highest BCUT2D eigenvalue weighted by Gasteiger charge is 2.45. The molecule has 2 N–H and O–H groups in total. The van der Waals surface area contributed by atoms with E-state index in [1.54, 1.807) is 12.1 Å². The van der Waals surface area contributed by atoms with Gasteiger partial charge in [0.05, 0.1) is 16.8 Å². The number of carbonyl (C=O) groups is 5. The predicted molar refractivity (Wildman–Crippen MR) is 155 cm³/mol. The van der Waals surface area contributed by atoms with Crippen LogP contribution in [0.5, 0.6) is 0 Å². The number of piperidine rings is 1. The number of hydrogen-bond donors (Lipinski definition) is 2. The zero-order chi connectivity index (χ0) is 29.5. The highest BCUT2D eigenvalue weighted by molar-refractivity contribution is 6.26. The van der Waals surface area contributed by atoms with Crippen molar-refractivity contribution in [2.24, 2.45) is 0 Å². The molecule has 0 bridgehead atoms. The summed E-state index contributed by atoms with van der Waals surface area (Å²) < 4.78 is 11.3. The van der Waals surface area contributed by atoms with Crippen molar-refractivity contribution in [3.8, 4) is 0 Å². The van der Waals surface area contributed by atoms with Crippen molar-refractivity contribution in [2.75, 3.05) is 37.6 Å². The first-order chi connectivity index (χ1) is 19.9. The van der Waals surface area contributed by atoms with Crippen LogP contribution in [0, 0.1) is 0 Å². The van der Waals surface area contributed by atoms with Crippen molar-refractivity contribution in [1.29, 1.82) is 0 Å². The molecule has 10 nitrogen and oxygen atoms in total. The molecule has 1 aromatic carbocycles. The van der Waals surface area contributed by atoms with E-state index in [0.29, 0.717) is 13.0 Å². The Labute approximate surface area is 246 Å². The number of alkyl halides is 1. The molecule has 0 radical (unpaired) electrons. The number of rotatable bonds is 20. The molecule has 1 unspecified atom stereocenters. The van der Waals surface area contributed by atoms with Gasteiger partial charge in [0.1, 0.15) is 6.04 Å². The Morgan fingerprint density at radius 1 is 0.854 bits per heavy atom. The number of nitrogens with one attached hydrogen (secondary N) is 2. The molecule has 11 heteroatoms. The van der Waals surface area contributed by atoms with E-state index in [9.17, 15) is 24.0 Å². The minimum absolute atomic E-state index is 0.0461. The molecule has 2 aliphatic heterocycles. The maximum Gasteiger partial charge on any atom is 0.264 e. The van der Waals surface area contributed by atoms with Crippen molar-refractivity contribution >= 4 is 46.8 Å². The second-order valence-corrected chi connectivity index (χ2v) is 10.8. The third kappa shape index (κ3) is 10.2. The fourth-order valence-electron chi connectivity index (χ4n) is 4.94. The number of carbonyl (C=O) groups excluding carboxylic acids is 5. The van der Waals surface area contributed by atoms with E-state index in [-0.39, 0.29) is 42.0 Å². The molecule has 0 aliphatic carbocycles. The highest BCUT2D eigenvalue weighted by atomic mass is 35.5. The van der Waals surface area contributed by atoms with E-state index < -0.39 is 29.7 Å². The number of ether oxygens (including phenoxy) is 2. The number of anilines is 1. The topological polar surface area (TPSA) is 131 Å². The van der Waals surface area contributed by atoms with Gasteiger partial charge in [0.15, 0.2) is 0 Å². The quantitative estimate of drug-likeness (QED) is 0.129. The number of fused-ring (bicyclic) bond motifs is 1. The highest BCUT2D eigenvalue weighted by Crippen LogP contribution is 2.32. The Hall–Kier alpha value is -2.82. The molecule has 1 atom stereocenters. The molecule has 0 spiro atoms. The van der Waals surface area contributed by atoms with Gasteiger partial charge in [-0.05, 0) is 63.5 Å². The van der Waals surface area contributed by atoms with Crippen LogP contribution in [0.2, 0.25) is 0 Å². The number of imide groups is 2. The van der Waals surface area contributed by atoms with Gasteiger partial charge in [0, 0.05) is 45.1 Å². The fraction of sp³-hybridized carbons (Fsp3) is 0.633. The molecule has 41 heavy (non-hydrogen) atoms. The van der Waals surface area contributed by atoms with Gasteiger partial charge in [-0.1, -0.05) is 25.3 Å². The maximum absolute atomic E-state index is 13.1. The summed E-state index contributed by atoms with van der Waals surface area (Å²) in [6.07, 6.45) is 10.4. The predicted octanol–water partition coefficient (Wildman–Crippen LogP) is 4.59. The minimum Gasteiger partial charge on any atom is -0.381 e. The van der Waals surface area contributed by atoms with Gasteiger partial charge in [0.25, 0.3) is 11.8 Å². The Kier molecular flexibility index (Phi) is 14.3. The maximum atomic E-state index is 13.1. The molecule has 1 aromatic rings. The first-order valence-electron chi connectivity index (χ1n) is 14.8. The number of benzene rings is 1. The summed E-state index contributed by atoms with van der Waals surface area (Å²) in [6.45, 7) is 3.00. The van der Waals surface area contributed by atoms with Crippen LogP contribution in [0.1, 0.15) is 104 Å². The Morgan fingerprint density at radius 3 is 2.10 bits per heavy atom. The van der Waals surface area contributed by atoms with Crippen LogP contribution in [0.3, 0.4) is 0 Å². The van der Waals surface area contributed by atoms with Crippen LogP contribution >= 0.6 is 11.6 Å². The van der Waals surface area contributed by atoms with Crippen LogP contribution in [0.4, 0.5) is 5.69 Å². The lowest BCUT2D eigenvalue weighted by Gasteiger charge is -2.27. The lowest BCUT2D eigenvalue weighted by atomic mass is 10.0.